The van der Waals surface area contributed by atoms with Crippen LogP contribution in [0, 0.1) is 5.92 Å². The van der Waals surface area contributed by atoms with Crippen LogP contribution in [-0.4, -0.2) is 18.5 Å². The third kappa shape index (κ3) is 10.5. The monoisotopic (exact) mass is 466 g/mol. The van der Waals surface area contributed by atoms with Crippen LogP contribution in [-0.2, 0) is 9.53 Å². The van der Waals surface area contributed by atoms with Crippen molar-refractivity contribution in [1.29, 1.82) is 0 Å². The van der Waals surface area contributed by atoms with Crippen LogP contribution in [0.2, 0.25) is 0 Å². The van der Waals surface area contributed by atoms with E-state index in [1.165, 1.54) is 44.9 Å². The molecule has 2 rings (SSSR count). The summed E-state index contributed by atoms with van der Waals surface area (Å²) in [6.07, 6.45) is 12.5. The Bertz CT molecular complexity index is 839. The second-order valence-electron chi connectivity index (χ2n) is 9.27. The fourth-order valence-electron chi connectivity index (χ4n) is 3.70. The molecule has 1 atom stereocenters. The van der Waals surface area contributed by atoms with Gasteiger partial charge in [-0.25, -0.2) is 4.79 Å². The average Bonchev–Trinajstić information content (AvgIpc) is 2.86. The van der Waals surface area contributed by atoms with Crippen LogP contribution in [0.4, 0.5) is 0 Å². The van der Waals surface area contributed by atoms with Crippen LogP contribution < -0.4 is 4.74 Å². The van der Waals surface area contributed by atoms with E-state index in [-0.39, 0.29) is 11.9 Å². The first-order valence-corrected chi connectivity index (χ1v) is 13.1. The van der Waals surface area contributed by atoms with Gasteiger partial charge in [-0.05, 0) is 47.7 Å². The molecule has 0 aromatic heterocycles. The fourth-order valence-corrected chi connectivity index (χ4v) is 3.70. The molecule has 0 aliphatic carbocycles. The van der Waals surface area contributed by atoms with E-state index in [1.54, 1.807) is 12.1 Å². The van der Waals surface area contributed by atoms with Gasteiger partial charge in [0.05, 0.1) is 12.2 Å². The molecule has 186 valence electrons. The van der Waals surface area contributed by atoms with Gasteiger partial charge in [-0.1, -0.05) is 103 Å². The molecule has 0 heterocycles. The Kier molecular flexibility index (Phi) is 13.1. The standard InChI is InChI=1S/C30H42O4/c1-4-6-7-8-9-10-11-12-13-14-29(31)34-28-21-19-26(20-22-28)25-15-17-27(18-16-25)30(32)33-23-24(3)5-2/h15-22,24H,4-14,23H2,1-3H3. The van der Waals surface area contributed by atoms with Gasteiger partial charge in [0, 0.05) is 6.42 Å². The summed E-state index contributed by atoms with van der Waals surface area (Å²) in [5.74, 6) is 0.466. The molecule has 0 aliphatic rings. The second kappa shape index (κ2) is 16.1. The van der Waals surface area contributed by atoms with Crippen molar-refractivity contribution in [3.8, 4) is 16.9 Å². The molecule has 0 bridgehead atoms. The topological polar surface area (TPSA) is 52.6 Å². The molecule has 0 saturated carbocycles. The zero-order valence-corrected chi connectivity index (χ0v) is 21.3. The molecule has 0 spiro atoms. The third-order valence-electron chi connectivity index (χ3n) is 6.22. The molecule has 0 N–H and O–H groups in total. The highest BCUT2D eigenvalue weighted by atomic mass is 16.5. The summed E-state index contributed by atoms with van der Waals surface area (Å²) in [5.41, 5.74) is 2.54. The molecule has 4 nitrogen and oxygen atoms in total. The maximum Gasteiger partial charge on any atom is 0.338 e. The number of hydrogen-bond donors (Lipinski definition) is 0. The molecular weight excluding hydrogens is 424 g/mol. The second-order valence-corrected chi connectivity index (χ2v) is 9.27. The first-order valence-electron chi connectivity index (χ1n) is 13.1. The summed E-state index contributed by atoms with van der Waals surface area (Å²) in [7, 11) is 0. The maximum absolute atomic E-state index is 12.2. The summed E-state index contributed by atoms with van der Waals surface area (Å²) in [4.78, 5) is 24.3. The van der Waals surface area contributed by atoms with Crippen LogP contribution in [0.15, 0.2) is 48.5 Å². The summed E-state index contributed by atoms with van der Waals surface area (Å²) in [6, 6.07) is 14.9. The average molecular weight is 467 g/mol. The zero-order valence-electron chi connectivity index (χ0n) is 21.3. The largest absolute Gasteiger partial charge is 0.462 e. The van der Waals surface area contributed by atoms with E-state index in [0.717, 1.165) is 30.4 Å². The molecule has 2 aromatic carbocycles. The number of rotatable bonds is 16. The van der Waals surface area contributed by atoms with Gasteiger partial charge in [0.25, 0.3) is 0 Å². The minimum Gasteiger partial charge on any atom is -0.462 e. The minimum absolute atomic E-state index is 0.170. The van der Waals surface area contributed by atoms with Crippen molar-refractivity contribution < 1.29 is 19.1 Å². The van der Waals surface area contributed by atoms with E-state index < -0.39 is 0 Å². The van der Waals surface area contributed by atoms with Crippen molar-refractivity contribution >= 4 is 11.9 Å². The predicted octanol–water partition coefficient (Wildman–Crippen LogP) is 8.38. The Morgan fingerprint density at radius 1 is 0.735 bits per heavy atom. The quantitative estimate of drug-likeness (QED) is 0.142. The highest BCUT2D eigenvalue weighted by molar-refractivity contribution is 5.90. The maximum atomic E-state index is 12.2. The summed E-state index contributed by atoms with van der Waals surface area (Å²) >= 11 is 0. The van der Waals surface area contributed by atoms with Crippen molar-refractivity contribution in [2.24, 2.45) is 5.92 Å². The van der Waals surface area contributed by atoms with Gasteiger partial charge < -0.3 is 9.47 Å². The van der Waals surface area contributed by atoms with Crippen molar-refractivity contribution in [3.63, 3.8) is 0 Å². The van der Waals surface area contributed by atoms with Crippen LogP contribution >= 0.6 is 0 Å². The number of ether oxygens (including phenoxy) is 2. The molecular formula is C30H42O4. The smallest absolute Gasteiger partial charge is 0.338 e. The number of hydrogen-bond acceptors (Lipinski definition) is 4. The Balaban J connectivity index is 1.71. The van der Waals surface area contributed by atoms with Crippen molar-refractivity contribution in [2.45, 2.75) is 91.4 Å². The van der Waals surface area contributed by atoms with E-state index in [9.17, 15) is 9.59 Å². The first-order chi connectivity index (χ1) is 16.5. The van der Waals surface area contributed by atoms with Gasteiger partial charge >= 0.3 is 11.9 Å². The van der Waals surface area contributed by atoms with Crippen molar-refractivity contribution in [2.75, 3.05) is 6.61 Å². The van der Waals surface area contributed by atoms with E-state index in [2.05, 4.69) is 20.8 Å². The van der Waals surface area contributed by atoms with Crippen LogP contribution in [0.3, 0.4) is 0 Å². The highest BCUT2D eigenvalue weighted by Crippen LogP contribution is 2.23. The van der Waals surface area contributed by atoms with Gasteiger partial charge in [0.15, 0.2) is 0 Å². The lowest BCUT2D eigenvalue weighted by atomic mass is 10.0. The first kappa shape index (κ1) is 27.6. The minimum atomic E-state index is -0.291. The van der Waals surface area contributed by atoms with E-state index in [0.29, 0.717) is 30.3 Å². The summed E-state index contributed by atoms with van der Waals surface area (Å²) in [5, 5.41) is 0. The van der Waals surface area contributed by atoms with E-state index in [4.69, 9.17) is 9.47 Å². The molecule has 0 saturated heterocycles. The molecule has 0 fully saturated rings. The Morgan fingerprint density at radius 3 is 1.82 bits per heavy atom. The van der Waals surface area contributed by atoms with E-state index in [1.807, 2.05) is 36.4 Å². The summed E-state index contributed by atoms with van der Waals surface area (Å²) < 4.78 is 10.8. The SMILES string of the molecule is CCCCCCCCCCCC(=O)Oc1ccc(-c2ccc(C(=O)OCC(C)CC)cc2)cc1. The summed E-state index contributed by atoms with van der Waals surface area (Å²) in [6.45, 7) is 6.82. The number of carbonyl (C=O) groups excluding carboxylic acids is 2. The molecule has 2 aromatic rings. The number of unbranched alkanes of at least 4 members (excludes halogenated alkanes) is 8. The molecule has 34 heavy (non-hydrogen) atoms. The number of benzene rings is 2. The van der Waals surface area contributed by atoms with Crippen LogP contribution in [0.5, 0.6) is 5.75 Å². The lowest BCUT2D eigenvalue weighted by Gasteiger charge is -2.10. The fraction of sp³-hybridized carbons (Fsp3) is 0.533. The Morgan fingerprint density at radius 2 is 1.26 bits per heavy atom. The molecule has 0 radical (unpaired) electrons. The Hall–Kier alpha value is -2.62. The van der Waals surface area contributed by atoms with Gasteiger partial charge in [-0.3, -0.25) is 4.79 Å². The van der Waals surface area contributed by atoms with Gasteiger partial charge in [-0.2, -0.15) is 0 Å². The normalized spacial score (nSPS) is 11.7. The van der Waals surface area contributed by atoms with Gasteiger partial charge in [0.2, 0.25) is 0 Å². The Labute approximate surface area is 206 Å². The van der Waals surface area contributed by atoms with Crippen LogP contribution in [0.25, 0.3) is 11.1 Å². The number of esters is 2. The highest BCUT2D eigenvalue weighted by Gasteiger charge is 2.10. The van der Waals surface area contributed by atoms with Crippen molar-refractivity contribution in [1.82, 2.24) is 0 Å². The van der Waals surface area contributed by atoms with E-state index >= 15 is 0 Å². The van der Waals surface area contributed by atoms with Crippen molar-refractivity contribution in [3.05, 3.63) is 54.1 Å². The van der Waals surface area contributed by atoms with Gasteiger partial charge in [-0.15, -0.1) is 0 Å². The molecule has 0 amide bonds. The van der Waals surface area contributed by atoms with Gasteiger partial charge in [0.1, 0.15) is 5.75 Å². The molecule has 0 aliphatic heterocycles. The predicted molar refractivity (Wildman–Crippen MR) is 139 cm³/mol. The molecule has 1 unspecified atom stereocenters. The zero-order chi connectivity index (χ0) is 24.6. The molecule has 4 heteroatoms. The number of carbonyl (C=O) groups is 2. The lowest BCUT2D eigenvalue weighted by Crippen LogP contribution is -2.11. The lowest BCUT2D eigenvalue weighted by molar-refractivity contribution is -0.134. The third-order valence-corrected chi connectivity index (χ3v) is 6.22. The van der Waals surface area contributed by atoms with Crippen LogP contribution in [0.1, 0.15) is 102 Å².